The van der Waals surface area contributed by atoms with Crippen molar-refractivity contribution in [3.8, 4) is 0 Å². The normalized spacial score (nSPS) is 17.6. The molecule has 1 aliphatic rings. The molecule has 0 spiro atoms. The minimum absolute atomic E-state index is 0.233. The quantitative estimate of drug-likeness (QED) is 0.794. The SMILES string of the molecule is O=C(NCc1ccn[nH]1)NC1CCCN(c2cccc(F)c2)C1=O. The van der Waals surface area contributed by atoms with Crippen molar-refractivity contribution < 1.29 is 14.0 Å². The van der Waals surface area contributed by atoms with Crippen molar-refractivity contribution in [2.45, 2.75) is 25.4 Å². The summed E-state index contributed by atoms with van der Waals surface area (Å²) in [7, 11) is 0. The monoisotopic (exact) mass is 331 g/mol. The second kappa shape index (κ2) is 7.12. The van der Waals surface area contributed by atoms with Gasteiger partial charge in [-0.1, -0.05) is 6.07 Å². The van der Waals surface area contributed by atoms with Crippen LogP contribution in [0.15, 0.2) is 36.5 Å². The molecular weight excluding hydrogens is 313 g/mol. The summed E-state index contributed by atoms with van der Waals surface area (Å²) in [6, 6.07) is 6.59. The summed E-state index contributed by atoms with van der Waals surface area (Å²) in [5.74, 6) is -0.628. The van der Waals surface area contributed by atoms with E-state index >= 15 is 0 Å². The van der Waals surface area contributed by atoms with Gasteiger partial charge in [0.2, 0.25) is 5.91 Å². The lowest BCUT2D eigenvalue weighted by molar-refractivity contribution is -0.121. The average molecular weight is 331 g/mol. The van der Waals surface area contributed by atoms with Gasteiger partial charge in [0.1, 0.15) is 11.9 Å². The summed E-state index contributed by atoms with van der Waals surface area (Å²) in [5.41, 5.74) is 1.27. The molecule has 24 heavy (non-hydrogen) atoms. The molecular formula is C16H18FN5O2. The van der Waals surface area contributed by atoms with Gasteiger partial charge >= 0.3 is 6.03 Å². The minimum Gasteiger partial charge on any atom is -0.333 e. The van der Waals surface area contributed by atoms with Gasteiger partial charge in [-0.15, -0.1) is 0 Å². The Morgan fingerprint density at radius 3 is 3.04 bits per heavy atom. The largest absolute Gasteiger partial charge is 0.333 e. The van der Waals surface area contributed by atoms with E-state index < -0.39 is 17.9 Å². The zero-order valence-corrected chi connectivity index (χ0v) is 13.0. The molecule has 2 aromatic rings. The van der Waals surface area contributed by atoms with Crippen LogP contribution in [-0.4, -0.2) is 34.7 Å². The molecule has 1 saturated heterocycles. The number of rotatable bonds is 4. The highest BCUT2D eigenvalue weighted by molar-refractivity contribution is 5.99. The third kappa shape index (κ3) is 3.70. The molecule has 0 aliphatic carbocycles. The summed E-state index contributed by atoms with van der Waals surface area (Å²) in [6.45, 7) is 0.802. The summed E-state index contributed by atoms with van der Waals surface area (Å²) < 4.78 is 13.4. The number of nitrogens with one attached hydrogen (secondary N) is 3. The fourth-order valence-corrected chi connectivity index (χ4v) is 2.68. The van der Waals surface area contributed by atoms with Crippen LogP contribution in [0.2, 0.25) is 0 Å². The number of amides is 3. The van der Waals surface area contributed by atoms with Crippen LogP contribution in [-0.2, 0) is 11.3 Å². The highest BCUT2D eigenvalue weighted by atomic mass is 19.1. The minimum atomic E-state index is -0.621. The van der Waals surface area contributed by atoms with E-state index in [1.54, 1.807) is 24.4 Å². The lowest BCUT2D eigenvalue weighted by Gasteiger charge is -2.32. The zero-order chi connectivity index (χ0) is 16.9. The first-order valence-corrected chi connectivity index (χ1v) is 7.73. The Hall–Kier alpha value is -2.90. The first-order chi connectivity index (χ1) is 11.6. The summed E-state index contributed by atoms with van der Waals surface area (Å²) >= 11 is 0. The van der Waals surface area contributed by atoms with Crippen molar-refractivity contribution in [2.24, 2.45) is 0 Å². The number of hydrogen-bond donors (Lipinski definition) is 3. The molecule has 1 aliphatic heterocycles. The molecule has 1 aromatic heterocycles. The van der Waals surface area contributed by atoms with E-state index in [9.17, 15) is 14.0 Å². The van der Waals surface area contributed by atoms with Crippen LogP contribution in [0.5, 0.6) is 0 Å². The van der Waals surface area contributed by atoms with E-state index in [-0.39, 0.29) is 5.91 Å². The predicted molar refractivity (Wildman–Crippen MR) is 85.7 cm³/mol. The number of aromatic nitrogens is 2. The van der Waals surface area contributed by atoms with Crippen LogP contribution in [0.1, 0.15) is 18.5 Å². The van der Waals surface area contributed by atoms with Crippen LogP contribution in [0.3, 0.4) is 0 Å². The maximum atomic E-state index is 13.4. The molecule has 0 saturated carbocycles. The van der Waals surface area contributed by atoms with Crippen molar-refractivity contribution in [3.63, 3.8) is 0 Å². The maximum Gasteiger partial charge on any atom is 0.315 e. The summed E-state index contributed by atoms with van der Waals surface area (Å²) in [6.07, 6.45) is 2.88. The van der Waals surface area contributed by atoms with E-state index in [2.05, 4.69) is 20.8 Å². The fraction of sp³-hybridized carbons (Fsp3) is 0.312. The molecule has 7 nitrogen and oxygen atoms in total. The Balaban J connectivity index is 1.59. The van der Waals surface area contributed by atoms with E-state index in [0.717, 1.165) is 12.1 Å². The molecule has 1 unspecified atom stereocenters. The van der Waals surface area contributed by atoms with Gasteiger partial charge in [-0.3, -0.25) is 9.89 Å². The van der Waals surface area contributed by atoms with Crippen LogP contribution in [0.25, 0.3) is 0 Å². The number of benzene rings is 1. The number of carbonyl (C=O) groups is 2. The van der Waals surface area contributed by atoms with Crippen molar-refractivity contribution in [1.82, 2.24) is 20.8 Å². The molecule has 3 N–H and O–H groups in total. The molecule has 1 fully saturated rings. The highest BCUT2D eigenvalue weighted by Crippen LogP contribution is 2.21. The Kier molecular flexibility index (Phi) is 4.74. The van der Waals surface area contributed by atoms with Crippen molar-refractivity contribution >= 4 is 17.6 Å². The summed E-state index contributed by atoms with van der Waals surface area (Å²) in [4.78, 5) is 26.0. The van der Waals surface area contributed by atoms with Gasteiger partial charge in [-0.2, -0.15) is 5.10 Å². The van der Waals surface area contributed by atoms with Crippen LogP contribution in [0.4, 0.5) is 14.9 Å². The lowest BCUT2D eigenvalue weighted by atomic mass is 10.0. The molecule has 126 valence electrons. The van der Waals surface area contributed by atoms with Crippen LogP contribution < -0.4 is 15.5 Å². The van der Waals surface area contributed by atoms with E-state index in [0.29, 0.717) is 25.2 Å². The number of piperidine rings is 1. The summed E-state index contributed by atoms with van der Waals surface area (Å²) in [5, 5.41) is 11.9. The molecule has 0 radical (unpaired) electrons. The van der Waals surface area contributed by atoms with E-state index in [1.165, 1.54) is 17.0 Å². The Morgan fingerprint density at radius 1 is 1.42 bits per heavy atom. The van der Waals surface area contributed by atoms with E-state index in [1.807, 2.05) is 0 Å². The van der Waals surface area contributed by atoms with Crippen molar-refractivity contribution in [2.75, 3.05) is 11.4 Å². The van der Waals surface area contributed by atoms with Crippen molar-refractivity contribution in [3.05, 3.63) is 48.0 Å². The number of anilines is 1. The fourth-order valence-electron chi connectivity index (χ4n) is 2.68. The van der Waals surface area contributed by atoms with Gasteiger partial charge < -0.3 is 15.5 Å². The number of hydrogen-bond acceptors (Lipinski definition) is 3. The third-order valence-electron chi connectivity index (χ3n) is 3.86. The number of carbonyl (C=O) groups excluding carboxylic acids is 2. The second-order valence-electron chi connectivity index (χ2n) is 5.57. The lowest BCUT2D eigenvalue weighted by Crippen LogP contribution is -2.54. The molecule has 3 amide bonds. The molecule has 3 rings (SSSR count). The Labute approximate surface area is 138 Å². The number of urea groups is 1. The first kappa shape index (κ1) is 16.0. The zero-order valence-electron chi connectivity index (χ0n) is 13.0. The smallest absolute Gasteiger partial charge is 0.315 e. The van der Waals surface area contributed by atoms with Crippen molar-refractivity contribution in [1.29, 1.82) is 0 Å². The van der Waals surface area contributed by atoms with Gasteiger partial charge in [-0.05, 0) is 37.1 Å². The standard InChI is InChI=1S/C16H18FN5O2/c17-11-3-1-4-13(9-11)22-8-2-5-14(15(22)23)20-16(24)18-10-12-6-7-19-21-12/h1,3-4,6-7,9,14H,2,5,8,10H2,(H,19,21)(H2,18,20,24). The van der Waals surface area contributed by atoms with E-state index in [4.69, 9.17) is 0 Å². The van der Waals surface area contributed by atoms with Crippen LogP contribution in [0, 0.1) is 5.82 Å². The maximum absolute atomic E-state index is 13.4. The number of halogens is 1. The highest BCUT2D eigenvalue weighted by Gasteiger charge is 2.30. The second-order valence-corrected chi connectivity index (χ2v) is 5.57. The van der Waals surface area contributed by atoms with Gasteiger partial charge in [0.05, 0.1) is 12.2 Å². The predicted octanol–water partition coefficient (Wildman–Crippen LogP) is 1.54. The molecule has 0 bridgehead atoms. The molecule has 2 heterocycles. The number of aromatic amines is 1. The average Bonchev–Trinajstić information content (AvgIpc) is 3.08. The Morgan fingerprint density at radius 2 is 2.29 bits per heavy atom. The van der Waals surface area contributed by atoms with Crippen LogP contribution >= 0.6 is 0 Å². The van der Waals surface area contributed by atoms with Gasteiger partial charge in [-0.25, -0.2) is 9.18 Å². The van der Waals surface area contributed by atoms with Gasteiger partial charge in [0.15, 0.2) is 0 Å². The molecule has 8 heteroatoms. The Bertz CT molecular complexity index is 719. The first-order valence-electron chi connectivity index (χ1n) is 7.73. The van der Waals surface area contributed by atoms with Gasteiger partial charge in [0.25, 0.3) is 0 Å². The third-order valence-corrected chi connectivity index (χ3v) is 3.86. The molecule has 1 atom stereocenters. The molecule has 1 aromatic carbocycles. The topological polar surface area (TPSA) is 90.1 Å². The number of H-pyrrole nitrogens is 1. The van der Waals surface area contributed by atoms with Gasteiger partial charge in [0, 0.05) is 18.4 Å². The number of nitrogens with zero attached hydrogens (tertiary/aromatic N) is 2.